The van der Waals surface area contributed by atoms with Crippen LogP contribution in [-0.4, -0.2) is 42.9 Å². The van der Waals surface area contributed by atoms with Crippen LogP contribution in [0.15, 0.2) is 29.3 Å². The van der Waals surface area contributed by atoms with Crippen molar-refractivity contribution in [3.05, 3.63) is 29.8 Å². The van der Waals surface area contributed by atoms with Crippen molar-refractivity contribution in [2.24, 2.45) is 16.6 Å². The fourth-order valence-electron chi connectivity index (χ4n) is 3.52. The molecule has 6 heteroatoms. The van der Waals surface area contributed by atoms with Crippen LogP contribution < -0.4 is 10.6 Å². The number of hydrogen-bond donors (Lipinski definition) is 1. The summed E-state index contributed by atoms with van der Waals surface area (Å²) in [4.78, 5) is 20.9. The number of aliphatic imine (C=N–C) groups is 1. The van der Waals surface area contributed by atoms with E-state index in [2.05, 4.69) is 22.9 Å². The SMILES string of the molecule is CC1CCCN(C(N)=NCC(=O)N2CCCc3ccccc32)C1.I. The van der Waals surface area contributed by atoms with Gasteiger partial charge in [-0.1, -0.05) is 25.1 Å². The van der Waals surface area contributed by atoms with E-state index in [4.69, 9.17) is 5.73 Å². The third-order valence-electron chi connectivity index (χ3n) is 4.77. The highest BCUT2D eigenvalue weighted by Crippen LogP contribution is 2.26. The van der Waals surface area contributed by atoms with E-state index in [1.807, 2.05) is 23.1 Å². The van der Waals surface area contributed by atoms with E-state index in [1.165, 1.54) is 12.0 Å². The predicted octanol–water partition coefficient (Wildman–Crippen LogP) is 2.63. The summed E-state index contributed by atoms with van der Waals surface area (Å²) in [6.07, 6.45) is 4.43. The van der Waals surface area contributed by atoms with Crippen molar-refractivity contribution in [2.75, 3.05) is 31.1 Å². The first-order valence-corrected chi connectivity index (χ1v) is 8.58. The van der Waals surface area contributed by atoms with Crippen LogP contribution in [0, 0.1) is 5.92 Å². The van der Waals surface area contributed by atoms with Crippen molar-refractivity contribution < 1.29 is 4.79 Å². The number of carbonyl (C=O) groups excluding carboxylic acids is 1. The molecule has 0 spiro atoms. The van der Waals surface area contributed by atoms with Crippen LogP contribution in [0.25, 0.3) is 0 Å². The van der Waals surface area contributed by atoms with Crippen LogP contribution in [0.2, 0.25) is 0 Å². The van der Waals surface area contributed by atoms with E-state index in [0.717, 1.165) is 44.6 Å². The second kappa shape index (κ2) is 8.69. The Morgan fingerprint density at radius 1 is 1.29 bits per heavy atom. The lowest BCUT2D eigenvalue weighted by molar-refractivity contribution is -0.117. The number of likely N-dealkylation sites (tertiary alicyclic amines) is 1. The second-order valence-electron chi connectivity index (χ2n) is 6.65. The standard InChI is InChI=1S/C18H26N4O.HI/c1-14-6-4-10-21(13-14)18(19)20-12-17(23)22-11-5-8-15-7-2-3-9-16(15)22;/h2-3,7,9,14H,4-6,8,10-13H2,1H3,(H2,19,20);1H. The van der Waals surface area contributed by atoms with E-state index in [1.54, 1.807) is 0 Å². The summed E-state index contributed by atoms with van der Waals surface area (Å²) in [5, 5.41) is 0. The summed E-state index contributed by atoms with van der Waals surface area (Å²) in [7, 11) is 0. The molecular weight excluding hydrogens is 415 g/mol. The first kappa shape index (κ1) is 19.0. The zero-order valence-corrected chi connectivity index (χ0v) is 16.6. The van der Waals surface area contributed by atoms with Gasteiger partial charge in [0.15, 0.2) is 5.96 Å². The summed E-state index contributed by atoms with van der Waals surface area (Å²) >= 11 is 0. The molecule has 2 heterocycles. The Balaban J connectivity index is 0.00000208. The van der Waals surface area contributed by atoms with Crippen LogP contribution in [0.5, 0.6) is 0 Å². The van der Waals surface area contributed by atoms with Crippen LogP contribution in [0.4, 0.5) is 5.69 Å². The number of carbonyl (C=O) groups is 1. The van der Waals surface area contributed by atoms with Crippen molar-refractivity contribution in [3.63, 3.8) is 0 Å². The maximum Gasteiger partial charge on any atom is 0.248 e. The third-order valence-corrected chi connectivity index (χ3v) is 4.77. The minimum absolute atomic E-state index is 0. The number of guanidine groups is 1. The number of benzene rings is 1. The molecule has 1 atom stereocenters. The molecule has 0 aromatic heterocycles. The summed E-state index contributed by atoms with van der Waals surface area (Å²) in [5.41, 5.74) is 8.36. The molecule has 1 aromatic rings. The molecule has 0 radical (unpaired) electrons. The van der Waals surface area contributed by atoms with E-state index >= 15 is 0 Å². The van der Waals surface area contributed by atoms with Crippen LogP contribution in [0.1, 0.15) is 31.7 Å². The Labute approximate surface area is 161 Å². The summed E-state index contributed by atoms with van der Waals surface area (Å²) in [6, 6.07) is 8.13. The van der Waals surface area contributed by atoms with Gasteiger partial charge in [0.1, 0.15) is 6.54 Å². The van der Waals surface area contributed by atoms with Crippen LogP contribution in [0.3, 0.4) is 0 Å². The van der Waals surface area contributed by atoms with Crippen molar-refractivity contribution >= 4 is 41.5 Å². The lowest BCUT2D eigenvalue weighted by Gasteiger charge is -2.32. The molecule has 0 bridgehead atoms. The molecular formula is C18H27IN4O. The van der Waals surface area contributed by atoms with Crippen molar-refractivity contribution in [3.8, 4) is 0 Å². The van der Waals surface area contributed by atoms with Crippen LogP contribution in [-0.2, 0) is 11.2 Å². The first-order valence-electron chi connectivity index (χ1n) is 8.58. The van der Waals surface area contributed by atoms with Crippen molar-refractivity contribution in [2.45, 2.75) is 32.6 Å². The monoisotopic (exact) mass is 442 g/mol. The van der Waals surface area contributed by atoms with Gasteiger partial charge in [-0.3, -0.25) is 4.79 Å². The molecule has 5 nitrogen and oxygen atoms in total. The van der Waals surface area contributed by atoms with Crippen molar-refractivity contribution in [1.29, 1.82) is 0 Å². The number of para-hydroxylation sites is 1. The molecule has 0 saturated carbocycles. The number of rotatable bonds is 2. The molecule has 2 aliphatic rings. The average Bonchev–Trinajstić information content (AvgIpc) is 2.59. The van der Waals surface area contributed by atoms with Gasteiger partial charge in [0.05, 0.1) is 0 Å². The normalized spacial score (nSPS) is 21.0. The smallest absolute Gasteiger partial charge is 0.248 e. The summed E-state index contributed by atoms with van der Waals surface area (Å²) in [6.45, 7) is 5.02. The van der Waals surface area contributed by atoms with Gasteiger partial charge in [-0.05, 0) is 43.2 Å². The van der Waals surface area contributed by atoms with Crippen LogP contribution >= 0.6 is 24.0 Å². The van der Waals surface area contributed by atoms with Gasteiger partial charge in [0.2, 0.25) is 5.91 Å². The molecule has 0 aliphatic carbocycles. The molecule has 1 fully saturated rings. The Hall–Kier alpha value is -1.31. The van der Waals surface area contributed by atoms with E-state index < -0.39 is 0 Å². The topological polar surface area (TPSA) is 61.9 Å². The maximum atomic E-state index is 12.6. The molecule has 1 aromatic carbocycles. The van der Waals surface area contributed by atoms with Crippen molar-refractivity contribution in [1.82, 2.24) is 4.90 Å². The van der Waals surface area contributed by atoms with E-state index in [9.17, 15) is 4.79 Å². The molecule has 1 amide bonds. The predicted molar refractivity (Wildman–Crippen MR) is 109 cm³/mol. The number of nitrogens with zero attached hydrogens (tertiary/aromatic N) is 3. The number of piperidine rings is 1. The number of halogens is 1. The number of hydrogen-bond acceptors (Lipinski definition) is 2. The van der Waals surface area contributed by atoms with Gasteiger partial charge in [0.25, 0.3) is 0 Å². The Kier molecular flexibility index (Phi) is 6.89. The summed E-state index contributed by atoms with van der Waals surface area (Å²) < 4.78 is 0. The lowest BCUT2D eigenvalue weighted by atomic mass is 10.0. The zero-order valence-electron chi connectivity index (χ0n) is 14.3. The quantitative estimate of drug-likeness (QED) is 0.435. The molecule has 132 valence electrons. The molecule has 1 saturated heterocycles. The number of nitrogens with two attached hydrogens (primary N) is 1. The largest absolute Gasteiger partial charge is 0.370 e. The Morgan fingerprint density at radius 2 is 2.08 bits per heavy atom. The van der Waals surface area contributed by atoms with Gasteiger partial charge in [-0.25, -0.2) is 4.99 Å². The fourth-order valence-corrected chi connectivity index (χ4v) is 3.52. The highest BCUT2D eigenvalue weighted by Gasteiger charge is 2.22. The highest BCUT2D eigenvalue weighted by atomic mass is 127. The highest BCUT2D eigenvalue weighted by molar-refractivity contribution is 14.0. The number of aryl methyl sites for hydroxylation is 1. The molecule has 2 N–H and O–H groups in total. The molecule has 1 unspecified atom stereocenters. The number of anilines is 1. The zero-order chi connectivity index (χ0) is 16.2. The minimum atomic E-state index is 0. The van der Waals surface area contributed by atoms with Gasteiger partial charge in [0, 0.05) is 25.3 Å². The average molecular weight is 442 g/mol. The number of fused-ring (bicyclic) bond motifs is 1. The Bertz CT molecular complexity index is 604. The van der Waals surface area contributed by atoms with Gasteiger partial charge in [-0.15, -0.1) is 24.0 Å². The lowest BCUT2D eigenvalue weighted by Crippen LogP contribution is -2.44. The second-order valence-corrected chi connectivity index (χ2v) is 6.65. The molecule has 2 aliphatic heterocycles. The van der Waals surface area contributed by atoms with Gasteiger partial charge in [-0.2, -0.15) is 0 Å². The summed E-state index contributed by atoms with van der Waals surface area (Å²) in [5.74, 6) is 1.18. The molecule has 24 heavy (non-hydrogen) atoms. The molecule has 3 rings (SSSR count). The first-order chi connectivity index (χ1) is 11.1. The minimum Gasteiger partial charge on any atom is -0.370 e. The van der Waals surface area contributed by atoms with E-state index in [-0.39, 0.29) is 36.4 Å². The fraction of sp³-hybridized carbons (Fsp3) is 0.556. The van der Waals surface area contributed by atoms with Gasteiger partial charge >= 0.3 is 0 Å². The third kappa shape index (κ3) is 4.40. The Morgan fingerprint density at radius 3 is 2.88 bits per heavy atom. The van der Waals surface area contributed by atoms with E-state index in [0.29, 0.717) is 11.9 Å². The number of amides is 1. The van der Waals surface area contributed by atoms with Gasteiger partial charge < -0.3 is 15.5 Å². The maximum absolute atomic E-state index is 12.6.